The summed E-state index contributed by atoms with van der Waals surface area (Å²) >= 11 is 6.11. The lowest BCUT2D eigenvalue weighted by Gasteiger charge is -2.08. The van der Waals surface area contributed by atoms with Crippen LogP contribution in [0.1, 0.15) is 6.42 Å². The maximum absolute atomic E-state index is 10.8. The Balaban J connectivity index is 1.79. The lowest BCUT2D eigenvalue weighted by molar-refractivity contribution is -0.136. The van der Waals surface area contributed by atoms with Gasteiger partial charge in [-0.3, -0.25) is 9.89 Å². The van der Waals surface area contributed by atoms with Crippen LogP contribution in [0.2, 0.25) is 5.02 Å². The molecule has 0 fully saturated rings. The first-order valence-electron chi connectivity index (χ1n) is 8.13. The SMILES string of the molecule is O=C(O)CCNc1cc(-c2ccco2)nc(-c2n[nH]c3ccc(Cl)cc23)n1. The van der Waals surface area contributed by atoms with Crippen molar-refractivity contribution in [1.82, 2.24) is 20.2 Å². The molecule has 3 heterocycles. The molecule has 4 aromatic rings. The van der Waals surface area contributed by atoms with Gasteiger partial charge in [-0.2, -0.15) is 5.10 Å². The summed E-state index contributed by atoms with van der Waals surface area (Å²) in [5, 5.41) is 20.5. The number of carboxylic acids is 1. The van der Waals surface area contributed by atoms with Crippen molar-refractivity contribution in [3.05, 3.63) is 47.7 Å². The van der Waals surface area contributed by atoms with Gasteiger partial charge in [-0.15, -0.1) is 0 Å². The fourth-order valence-corrected chi connectivity index (χ4v) is 2.82. The molecule has 0 spiro atoms. The van der Waals surface area contributed by atoms with Crippen LogP contribution < -0.4 is 5.32 Å². The van der Waals surface area contributed by atoms with E-state index in [0.717, 1.165) is 10.9 Å². The fraction of sp³-hybridized carbons (Fsp3) is 0.111. The lowest BCUT2D eigenvalue weighted by Crippen LogP contribution is -2.09. The molecular formula is C18H14ClN5O3. The largest absolute Gasteiger partial charge is 0.481 e. The number of carbonyl (C=O) groups is 1. The van der Waals surface area contributed by atoms with E-state index >= 15 is 0 Å². The number of benzene rings is 1. The number of rotatable bonds is 6. The van der Waals surface area contributed by atoms with Gasteiger partial charge in [-0.1, -0.05) is 11.6 Å². The van der Waals surface area contributed by atoms with E-state index in [4.69, 9.17) is 21.1 Å². The number of aromatic nitrogens is 4. The zero-order chi connectivity index (χ0) is 18.8. The molecule has 0 aliphatic rings. The van der Waals surface area contributed by atoms with Gasteiger partial charge in [0.05, 0.1) is 18.2 Å². The molecule has 0 saturated carbocycles. The lowest BCUT2D eigenvalue weighted by atomic mass is 10.2. The highest BCUT2D eigenvalue weighted by molar-refractivity contribution is 6.31. The minimum atomic E-state index is -0.893. The van der Waals surface area contributed by atoms with Crippen molar-refractivity contribution in [3.8, 4) is 23.0 Å². The summed E-state index contributed by atoms with van der Waals surface area (Å²) in [5.74, 6) is 0.523. The highest BCUT2D eigenvalue weighted by Crippen LogP contribution is 2.29. The minimum Gasteiger partial charge on any atom is -0.481 e. The van der Waals surface area contributed by atoms with Crippen LogP contribution in [0.3, 0.4) is 0 Å². The topological polar surface area (TPSA) is 117 Å². The van der Waals surface area contributed by atoms with Crippen LogP contribution in [0, 0.1) is 0 Å². The Morgan fingerprint density at radius 1 is 1.26 bits per heavy atom. The number of aromatic amines is 1. The van der Waals surface area contributed by atoms with Gasteiger partial charge < -0.3 is 14.8 Å². The smallest absolute Gasteiger partial charge is 0.305 e. The highest BCUT2D eigenvalue weighted by Gasteiger charge is 2.15. The zero-order valence-electron chi connectivity index (χ0n) is 13.9. The molecule has 0 saturated heterocycles. The van der Waals surface area contributed by atoms with Crippen LogP contribution in [0.4, 0.5) is 5.82 Å². The van der Waals surface area contributed by atoms with Crippen molar-refractivity contribution in [2.45, 2.75) is 6.42 Å². The molecule has 0 atom stereocenters. The summed E-state index contributed by atoms with van der Waals surface area (Å²) in [6, 6.07) is 10.6. The Hall–Kier alpha value is -3.39. The van der Waals surface area contributed by atoms with Gasteiger partial charge in [0.2, 0.25) is 0 Å². The molecule has 0 bridgehead atoms. The number of fused-ring (bicyclic) bond motifs is 1. The first-order chi connectivity index (χ1) is 13.1. The molecule has 9 heteroatoms. The van der Waals surface area contributed by atoms with Gasteiger partial charge in [0.15, 0.2) is 11.6 Å². The number of hydrogen-bond acceptors (Lipinski definition) is 6. The van der Waals surface area contributed by atoms with Gasteiger partial charge >= 0.3 is 5.97 Å². The Morgan fingerprint density at radius 3 is 2.93 bits per heavy atom. The molecule has 136 valence electrons. The normalized spacial score (nSPS) is 11.0. The molecule has 0 aliphatic carbocycles. The Morgan fingerprint density at radius 2 is 2.15 bits per heavy atom. The van der Waals surface area contributed by atoms with E-state index < -0.39 is 5.97 Å². The number of aliphatic carboxylic acids is 1. The third kappa shape index (κ3) is 3.61. The molecule has 0 amide bonds. The van der Waals surface area contributed by atoms with Crippen LogP contribution in [-0.4, -0.2) is 37.8 Å². The zero-order valence-corrected chi connectivity index (χ0v) is 14.7. The van der Waals surface area contributed by atoms with E-state index in [1.165, 1.54) is 0 Å². The van der Waals surface area contributed by atoms with Gasteiger partial charge in [0.25, 0.3) is 0 Å². The van der Waals surface area contributed by atoms with E-state index in [9.17, 15) is 4.79 Å². The molecule has 0 aliphatic heterocycles. The third-order valence-electron chi connectivity index (χ3n) is 3.88. The maximum atomic E-state index is 10.8. The minimum absolute atomic E-state index is 0.0314. The number of carboxylic acid groups (broad SMARTS) is 1. The van der Waals surface area contributed by atoms with Crippen molar-refractivity contribution < 1.29 is 14.3 Å². The van der Waals surface area contributed by atoms with Crippen molar-refractivity contribution >= 4 is 34.3 Å². The molecule has 3 aromatic heterocycles. The van der Waals surface area contributed by atoms with E-state index in [0.29, 0.717) is 33.8 Å². The molecule has 27 heavy (non-hydrogen) atoms. The maximum Gasteiger partial charge on any atom is 0.305 e. The Kier molecular flexibility index (Phi) is 4.47. The molecule has 4 rings (SSSR count). The van der Waals surface area contributed by atoms with Crippen LogP contribution in [0.5, 0.6) is 0 Å². The van der Waals surface area contributed by atoms with Crippen LogP contribution in [0.25, 0.3) is 33.9 Å². The summed E-state index contributed by atoms with van der Waals surface area (Å²) in [7, 11) is 0. The van der Waals surface area contributed by atoms with E-state index in [1.54, 1.807) is 36.6 Å². The van der Waals surface area contributed by atoms with E-state index in [2.05, 4.69) is 25.5 Å². The van der Waals surface area contributed by atoms with Crippen LogP contribution >= 0.6 is 11.6 Å². The molecule has 0 radical (unpaired) electrons. The van der Waals surface area contributed by atoms with Crippen molar-refractivity contribution in [2.75, 3.05) is 11.9 Å². The van der Waals surface area contributed by atoms with Crippen molar-refractivity contribution in [1.29, 1.82) is 0 Å². The summed E-state index contributed by atoms with van der Waals surface area (Å²) in [5.41, 5.74) is 1.91. The van der Waals surface area contributed by atoms with E-state index in [1.807, 2.05) is 6.07 Å². The van der Waals surface area contributed by atoms with Gasteiger partial charge in [0.1, 0.15) is 17.2 Å². The average molecular weight is 384 g/mol. The van der Waals surface area contributed by atoms with Gasteiger partial charge in [-0.25, -0.2) is 9.97 Å². The second-order valence-electron chi connectivity index (χ2n) is 5.77. The number of H-pyrrole nitrogens is 1. The standard InChI is InChI=1S/C18H14ClN5O3/c19-10-3-4-12-11(8-10)17(24-23-12)18-21-13(14-2-1-7-27-14)9-15(22-18)20-6-5-16(25)26/h1-4,7-9H,5-6H2,(H,23,24)(H,25,26)(H,20,21,22). The number of nitrogens with one attached hydrogen (secondary N) is 2. The Bertz CT molecular complexity index is 1110. The first kappa shape index (κ1) is 17.0. The molecule has 1 aromatic carbocycles. The van der Waals surface area contributed by atoms with E-state index in [-0.39, 0.29) is 13.0 Å². The number of halogens is 1. The quantitative estimate of drug-likeness (QED) is 0.463. The van der Waals surface area contributed by atoms with Crippen LogP contribution in [0.15, 0.2) is 47.1 Å². The second-order valence-corrected chi connectivity index (χ2v) is 6.21. The van der Waals surface area contributed by atoms with Gasteiger partial charge in [0, 0.05) is 23.0 Å². The molecule has 0 unspecified atom stereocenters. The van der Waals surface area contributed by atoms with Crippen molar-refractivity contribution in [2.24, 2.45) is 0 Å². The molecule has 8 nitrogen and oxygen atoms in total. The average Bonchev–Trinajstić information content (AvgIpc) is 3.31. The number of hydrogen-bond donors (Lipinski definition) is 3. The summed E-state index contributed by atoms with van der Waals surface area (Å²) in [6.45, 7) is 0.233. The Labute approximate surface area is 158 Å². The number of anilines is 1. The second kappa shape index (κ2) is 7.08. The summed E-state index contributed by atoms with van der Waals surface area (Å²) < 4.78 is 5.43. The molecular weight excluding hydrogens is 370 g/mol. The first-order valence-corrected chi connectivity index (χ1v) is 8.50. The monoisotopic (exact) mass is 383 g/mol. The number of furan rings is 1. The fourth-order valence-electron chi connectivity index (χ4n) is 2.65. The van der Waals surface area contributed by atoms with Crippen LogP contribution in [-0.2, 0) is 4.79 Å². The predicted molar refractivity (Wildman–Crippen MR) is 101 cm³/mol. The van der Waals surface area contributed by atoms with Crippen molar-refractivity contribution in [3.63, 3.8) is 0 Å². The molecule has 3 N–H and O–H groups in total. The predicted octanol–water partition coefficient (Wildman–Crippen LogP) is 3.82. The van der Waals surface area contributed by atoms with Gasteiger partial charge in [-0.05, 0) is 30.3 Å². The summed E-state index contributed by atoms with van der Waals surface area (Å²) in [6.07, 6.45) is 1.52. The summed E-state index contributed by atoms with van der Waals surface area (Å²) in [4.78, 5) is 19.8. The highest BCUT2D eigenvalue weighted by atomic mass is 35.5. The third-order valence-corrected chi connectivity index (χ3v) is 4.12. The number of nitrogens with zero attached hydrogens (tertiary/aromatic N) is 3.